The summed E-state index contributed by atoms with van der Waals surface area (Å²) in [5, 5.41) is 9.00. The van der Waals surface area contributed by atoms with Gasteiger partial charge in [0.1, 0.15) is 10.6 Å². The van der Waals surface area contributed by atoms with Gasteiger partial charge in [-0.25, -0.2) is 17.9 Å². The fraction of sp³-hybridized carbons (Fsp3) is 0.583. The molecule has 1 aromatic rings. The van der Waals surface area contributed by atoms with Gasteiger partial charge in [0.15, 0.2) is 0 Å². The van der Waals surface area contributed by atoms with Crippen molar-refractivity contribution in [3.05, 3.63) is 17.0 Å². The van der Waals surface area contributed by atoms with Gasteiger partial charge in [0.2, 0.25) is 10.0 Å². The normalized spacial score (nSPS) is 12.7. The summed E-state index contributed by atoms with van der Waals surface area (Å²) in [6, 6.07) is 0. The molecule has 0 bridgehead atoms. The molecule has 19 heavy (non-hydrogen) atoms. The van der Waals surface area contributed by atoms with Gasteiger partial charge < -0.3 is 10.1 Å². The van der Waals surface area contributed by atoms with Crippen molar-refractivity contribution in [2.75, 3.05) is 0 Å². The van der Waals surface area contributed by atoms with Gasteiger partial charge in [0.05, 0.1) is 0 Å². The highest BCUT2D eigenvalue weighted by Gasteiger charge is 2.30. The minimum absolute atomic E-state index is 0.0198. The van der Waals surface area contributed by atoms with Crippen LogP contribution in [0.25, 0.3) is 0 Å². The van der Waals surface area contributed by atoms with Crippen molar-refractivity contribution in [1.82, 2.24) is 9.71 Å². The summed E-state index contributed by atoms with van der Waals surface area (Å²) in [5.74, 6) is -1.17. The van der Waals surface area contributed by atoms with Crippen LogP contribution < -0.4 is 4.72 Å². The van der Waals surface area contributed by atoms with Crippen LogP contribution in [0.4, 0.5) is 0 Å². The van der Waals surface area contributed by atoms with E-state index in [9.17, 15) is 13.2 Å². The Hall–Kier alpha value is -1.34. The minimum atomic E-state index is -3.75. The molecular formula is C12H20N2O4S. The summed E-state index contributed by atoms with van der Waals surface area (Å²) < 4.78 is 27.3. The third-order valence-electron chi connectivity index (χ3n) is 3.15. The molecule has 0 aromatic carbocycles. The second-order valence-corrected chi connectivity index (χ2v) is 6.85. The molecule has 0 amide bonds. The summed E-state index contributed by atoms with van der Waals surface area (Å²) in [6.45, 7) is 8.47. The monoisotopic (exact) mass is 288 g/mol. The van der Waals surface area contributed by atoms with Crippen LogP contribution in [0.15, 0.2) is 4.90 Å². The fourth-order valence-electron chi connectivity index (χ4n) is 1.84. The number of carbonyl (C=O) groups is 1. The number of aromatic amines is 1. The first-order valence-electron chi connectivity index (χ1n) is 5.98. The standard InChI is InChI=1S/C12H20N2O4S/c1-6-12(4,5)14-19(17,18)10-7(2)9(11(15)16)13-8(10)3/h13-14H,6H2,1-5H3,(H,15,16). The molecule has 0 atom stereocenters. The van der Waals surface area contributed by atoms with E-state index in [0.29, 0.717) is 12.1 Å². The number of carboxylic acid groups (broad SMARTS) is 1. The molecule has 0 aliphatic carbocycles. The van der Waals surface area contributed by atoms with Gasteiger partial charge in [0.25, 0.3) is 0 Å². The molecule has 0 aliphatic heterocycles. The molecule has 0 unspecified atom stereocenters. The highest BCUT2D eigenvalue weighted by atomic mass is 32.2. The zero-order valence-corrected chi connectivity index (χ0v) is 12.6. The lowest BCUT2D eigenvalue weighted by atomic mass is 10.0. The molecule has 0 saturated heterocycles. The zero-order chi connectivity index (χ0) is 15.0. The minimum Gasteiger partial charge on any atom is -0.477 e. The predicted molar refractivity (Wildman–Crippen MR) is 71.9 cm³/mol. The smallest absolute Gasteiger partial charge is 0.352 e. The maximum Gasteiger partial charge on any atom is 0.352 e. The van der Waals surface area contributed by atoms with Crippen LogP contribution in [0.2, 0.25) is 0 Å². The fourth-order valence-corrected chi connectivity index (χ4v) is 3.77. The van der Waals surface area contributed by atoms with E-state index in [0.717, 1.165) is 0 Å². The highest BCUT2D eigenvalue weighted by molar-refractivity contribution is 7.89. The summed E-state index contributed by atoms with van der Waals surface area (Å²) in [7, 11) is -3.75. The lowest BCUT2D eigenvalue weighted by Gasteiger charge is -2.24. The van der Waals surface area contributed by atoms with Gasteiger partial charge in [-0.05, 0) is 34.1 Å². The van der Waals surface area contributed by atoms with Crippen LogP contribution in [-0.4, -0.2) is 30.0 Å². The Morgan fingerprint density at radius 3 is 2.26 bits per heavy atom. The Balaban J connectivity index is 3.34. The van der Waals surface area contributed by atoms with E-state index in [1.807, 2.05) is 6.92 Å². The molecule has 3 N–H and O–H groups in total. The maximum atomic E-state index is 12.4. The number of aromatic carboxylic acids is 1. The molecule has 0 aliphatic rings. The summed E-state index contributed by atoms with van der Waals surface area (Å²) in [5.41, 5.74) is -0.121. The number of sulfonamides is 1. The topological polar surface area (TPSA) is 99.3 Å². The van der Waals surface area contributed by atoms with Gasteiger partial charge in [-0.3, -0.25) is 0 Å². The van der Waals surface area contributed by atoms with E-state index in [1.54, 1.807) is 20.8 Å². The lowest BCUT2D eigenvalue weighted by molar-refractivity contribution is 0.0690. The zero-order valence-electron chi connectivity index (χ0n) is 11.8. The molecule has 7 heteroatoms. The van der Waals surface area contributed by atoms with Crippen LogP contribution in [0.5, 0.6) is 0 Å². The molecule has 0 radical (unpaired) electrons. The molecular weight excluding hydrogens is 268 g/mol. The van der Waals surface area contributed by atoms with Crippen molar-refractivity contribution >= 4 is 16.0 Å². The number of hydrogen-bond acceptors (Lipinski definition) is 3. The summed E-state index contributed by atoms with van der Waals surface area (Å²) in [4.78, 5) is 13.6. The van der Waals surface area contributed by atoms with Crippen molar-refractivity contribution in [2.24, 2.45) is 0 Å². The van der Waals surface area contributed by atoms with E-state index in [4.69, 9.17) is 5.11 Å². The molecule has 6 nitrogen and oxygen atoms in total. The Labute approximate surface area is 113 Å². The van der Waals surface area contributed by atoms with E-state index >= 15 is 0 Å². The SMILES string of the molecule is CCC(C)(C)NS(=O)(=O)c1c(C)[nH]c(C(=O)O)c1C. The third-order valence-corrected chi connectivity index (χ3v) is 5.12. The lowest BCUT2D eigenvalue weighted by Crippen LogP contribution is -2.42. The first kappa shape index (κ1) is 15.7. The van der Waals surface area contributed by atoms with Crippen molar-refractivity contribution in [3.8, 4) is 0 Å². The van der Waals surface area contributed by atoms with Crippen LogP contribution in [0, 0.1) is 13.8 Å². The number of hydrogen-bond donors (Lipinski definition) is 3. The maximum absolute atomic E-state index is 12.4. The number of carboxylic acids is 1. The number of aromatic nitrogens is 1. The third kappa shape index (κ3) is 3.16. The molecule has 1 heterocycles. The molecule has 0 fully saturated rings. The highest BCUT2D eigenvalue weighted by Crippen LogP contribution is 2.24. The first-order chi connectivity index (χ1) is 8.52. The van der Waals surface area contributed by atoms with Crippen molar-refractivity contribution < 1.29 is 18.3 Å². The number of aryl methyl sites for hydroxylation is 1. The van der Waals surface area contributed by atoms with Gasteiger partial charge >= 0.3 is 5.97 Å². The largest absolute Gasteiger partial charge is 0.477 e. The molecule has 1 rings (SSSR count). The van der Waals surface area contributed by atoms with Gasteiger partial charge in [-0.1, -0.05) is 6.92 Å². The average molecular weight is 288 g/mol. The van der Waals surface area contributed by atoms with E-state index in [1.165, 1.54) is 6.92 Å². The first-order valence-corrected chi connectivity index (χ1v) is 7.46. The Bertz CT molecular complexity index is 599. The Kier molecular flexibility index (Phi) is 4.11. The molecule has 1 aromatic heterocycles. The van der Waals surface area contributed by atoms with Crippen molar-refractivity contribution in [2.45, 2.75) is 51.5 Å². The van der Waals surface area contributed by atoms with Crippen molar-refractivity contribution in [1.29, 1.82) is 0 Å². The van der Waals surface area contributed by atoms with E-state index in [-0.39, 0.29) is 16.2 Å². The predicted octanol–water partition coefficient (Wildman–Crippen LogP) is 1.80. The van der Waals surface area contributed by atoms with Gasteiger partial charge in [-0.15, -0.1) is 0 Å². The van der Waals surface area contributed by atoms with Gasteiger partial charge in [0, 0.05) is 16.8 Å². The van der Waals surface area contributed by atoms with Gasteiger partial charge in [-0.2, -0.15) is 0 Å². The molecule has 108 valence electrons. The summed E-state index contributed by atoms with van der Waals surface area (Å²) >= 11 is 0. The quantitative estimate of drug-likeness (QED) is 0.769. The number of rotatable bonds is 5. The van der Waals surface area contributed by atoms with Crippen molar-refractivity contribution in [3.63, 3.8) is 0 Å². The molecule has 0 spiro atoms. The second-order valence-electron chi connectivity index (χ2n) is 5.23. The van der Waals surface area contributed by atoms with E-state index in [2.05, 4.69) is 9.71 Å². The van der Waals surface area contributed by atoms with E-state index < -0.39 is 21.5 Å². The molecule has 0 saturated carbocycles. The second kappa shape index (κ2) is 4.97. The number of H-pyrrole nitrogens is 1. The Morgan fingerprint density at radius 1 is 1.37 bits per heavy atom. The number of nitrogens with one attached hydrogen (secondary N) is 2. The van der Waals surface area contributed by atoms with Crippen LogP contribution >= 0.6 is 0 Å². The summed E-state index contributed by atoms with van der Waals surface area (Å²) in [6.07, 6.45) is 0.626. The van der Waals surface area contributed by atoms with Crippen LogP contribution in [0.1, 0.15) is 48.9 Å². The Morgan fingerprint density at radius 2 is 1.89 bits per heavy atom. The average Bonchev–Trinajstić information content (AvgIpc) is 2.53. The van der Waals surface area contributed by atoms with Crippen LogP contribution in [0.3, 0.4) is 0 Å². The van der Waals surface area contributed by atoms with Crippen LogP contribution in [-0.2, 0) is 10.0 Å².